The minimum atomic E-state index is 0. The monoisotopic (exact) mass is 395 g/mol. The second-order valence-electron chi connectivity index (χ2n) is 6.16. The second-order valence-corrected chi connectivity index (χ2v) is 6.16. The minimum absolute atomic E-state index is 0. The fraction of sp³-hybridized carbons (Fsp3) is 0.933. The van der Waals surface area contributed by atoms with Gasteiger partial charge in [-0.05, 0) is 44.9 Å². The van der Waals surface area contributed by atoms with Gasteiger partial charge in [-0.25, -0.2) is 0 Å². The molecule has 0 aliphatic carbocycles. The van der Waals surface area contributed by atoms with Crippen LogP contribution in [0.5, 0.6) is 0 Å². The molecule has 0 radical (unpaired) electrons. The van der Waals surface area contributed by atoms with Crippen LogP contribution in [0.25, 0.3) is 0 Å². The van der Waals surface area contributed by atoms with Crippen LogP contribution in [0.2, 0.25) is 0 Å². The Bertz CT molecular complexity index is 309. The smallest absolute Gasteiger partial charge is 0.191 e. The summed E-state index contributed by atoms with van der Waals surface area (Å²) >= 11 is 0. The van der Waals surface area contributed by atoms with E-state index in [9.17, 15) is 0 Å². The first-order valence-electron chi connectivity index (χ1n) is 7.89. The lowest BCUT2D eigenvalue weighted by Crippen LogP contribution is -2.47. The Morgan fingerprint density at radius 3 is 2.70 bits per heavy atom. The number of guanidine groups is 1. The molecule has 0 aromatic rings. The fourth-order valence-corrected chi connectivity index (χ4v) is 2.98. The van der Waals surface area contributed by atoms with E-state index in [1.54, 1.807) is 0 Å². The van der Waals surface area contributed by atoms with Gasteiger partial charge in [0, 0.05) is 13.1 Å². The molecule has 0 spiro atoms. The van der Waals surface area contributed by atoms with Gasteiger partial charge in [-0.15, -0.1) is 24.0 Å². The molecule has 2 bridgehead atoms. The molecule has 0 aromatic heterocycles. The molecule has 2 N–H and O–H groups in total. The summed E-state index contributed by atoms with van der Waals surface area (Å²) in [5, 5.41) is 6.89. The number of aliphatic imine (C=N–C) groups is 1. The van der Waals surface area contributed by atoms with Gasteiger partial charge in [-0.2, -0.15) is 0 Å². The van der Waals surface area contributed by atoms with E-state index >= 15 is 0 Å². The fourth-order valence-electron chi connectivity index (χ4n) is 2.98. The van der Waals surface area contributed by atoms with E-state index in [2.05, 4.69) is 36.4 Å². The number of ether oxygens (including phenoxy) is 1. The van der Waals surface area contributed by atoms with Crippen molar-refractivity contribution in [3.05, 3.63) is 0 Å². The van der Waals surface area contributed by atoms with E-state index in [0.29, 0.717) is 18.2 Å². The number of halogens is 1. The normalized spacial score (nSPS) is 28.6. The first-order valence-corrected chi connectivity index (χ1v) is 7.89. The molecule has 118 valence electrons. The van der Waals surface area contributed by atoms with E-state index in [0.717, 1.165) is 31.4 Å². The second kappa shape index (κ2) is 9.07. The Balaban J connectivity index is 0.00000200. The Labute approximate surface area is 140 Å². The molecule has 20 heavy (non-hydrogen) atoms. The zero-order valence-electron chi connectivity index (χ0n) is 13.0. The van der Waals surface area contributed by atoms with Crippen molar-refractivity contribution in [1.29, 1.82) is 0 Å². The van der Waals surface area contributed by atoms with Crippen LogP contribution < -0.4 is 10.6 Å². The van der Waals surface area contributed by atoms with E-state index < -0.39 is 0 Å². The summed E-state index contributed by atoms with van der Waals surface area (Å²) in [4.78, 5) is 4.67. The van der Waals surface area contributed by atoms with Gasteiger partial charge in [0.1, 0.15) is 0 Å². The molecule has 0 amide bonds. The van der Waals surface area contributed by atoms with Crippen molar-refractivity contribution in [2.45, 2.75) is 71.1 Å². The van der Waals surface area contributed by atoms with E-state index in [1.165, 1.54) is 25.7 Å². The topological polar surface area (TPSA) is 45.7 Å². The number of hydrogen-bond acceptors (Lipinski definition) is 2. The molecule has 0 aromatic carbocycles. The number of nitrogens with zero attached hydrogens (tertiary/aromatic N) is 1. The number of nitrogens with one attached hydrogen (secondary N) is 2. The summed E-state index contributed by atoms with van der Waals surface area (Å²) in [5.41, 5.74) is 0. The third kappa shape index (κ3) is 5.39. The highest BCUT2D eigenvalue weighted by molar-refractivity contribution is 14.0. The maximum atomic E-state index is 5.88. The summed E-state index contributed by atoms with van der Waals surface area (Å²) in [6, 6.07) is 0.460. The third-order valence-electron chi connectivity index (χ3n) is 3.98. The van der Waals surface area contributed by atoms with Crippen LogP contribution in [0.15, 0.2) is 4.99 Å². The Morgan fingerprint density at radius 2 is 2.15 bits per heavy atom. The molecule has 4 nitrogen and oxygen atoms in total. The van der Waals surface area contributed by atoms with Crippen LogP contribution in [0.1, 0.15) is 52.9 Å². The van der Waals surface area contributed by atoms with Gasteiger partial charge in [0.15, 0.2) is 5.96 Å². The lowest BCUT2D eigenvalue weighted by Gasteiger charge is -2.22. The van der Waals surface area contributed by atoms with Crippen LogP contribution in [0.4, 0.5) is 0 Å². The highest BCUT2D eigenvalue weighted by Crippen LogP contribution is 2.34. The van der Waals surface area contributed by atoms with E-state index in [-0.39, 0.29) is 24.0 Å². The van der Waals surface area contributed by atoms with Gasteiger partial charge >= 0.3 is 0 Å². The highest BCUT2D eigenvalue weighted by atomic mass is 127. The summed E-state index contributed by atoms with van der Waals surface area (Å²) in [6.45, 7) is 8.47. The Morgan fingerprint density at radius 1 is 1.35 bits per heavy atom. The quantitative estimate of drug-likeness (QED) is 0.315. The number of fused-ring (bicyclic) bond motifs is 2. The molecular formula is C15H30IN3O. The largest absolute Gasteiger partial charge is 0.373 e. The molecular weight excluding hydrogens is 365 g/mol. The van der Waals surface area contributed by atoms with Crippen molar-refractivity contribution in [1.82, 2.24) is 10.6 Å². The van der Waals surface area contributed by atoms with E-state index in [1.807, 2.05) is 0 Å². The molecule has 0 saturated carbocycles. The van der Waals surface area contributed by atoms with Gasteiger partial charge < -0.3 is 15.4 Å². The minimum Gasteiger partial charge on any atom is -0.373 e. The first kappa shape index (κ1) is 18.0. The van der Waals surface area contributed by atoms with Crippen molar-refractivity contribution >= 4 is 29.9 Å². The summed E-state index contributed by atoms with van der Waals surface area (Å²) < 4.78 is 5.88. The summed E-state index contributed by atoms with van der Waals surface area (Å²) in [6.07, 6.45) is 6.90. The van der Waals surface area contributed by atoms with Crippen LogP contribution >= 0.6 is 24.0 Å². The van der Waals surface area contributed by atoms with Crippen LogP contribution in [-0.2, 0) is 4.74 Å². The number of rotatable bonds is 6. The van der Waals surface area contributed by atoms with Crippen molar-refractivity contribution in [2.24, 2.45) is 10.9 Å². The SMILES string of the molecule is CCNC(=NCCCC(C)C)NC1CC2CCC1O2.I. The third-order valence-corrected chi connectivity index (χ3v) is 3.98. The Hall–Kier alpha value is -0.0400. The Kier molecular flexibility index (Phi) is 8.17. The van der Waals surface area contributed by atoms with Gasteiger partial charge in [0.25, 0.3) is 0 Å². The molecule has 3 atom stereocenters. The van der Waals surface area contributed by atoms with Crippen molar-refractivity contribution in [2.75, 3.05) is 13.1 Å². The molecule has 2 aliphatic heterocycles. The van der Waals surface area contributed by atoms with Crippen LogP contribution in [-0.4, -0.2) is 37.3 Å². The molecule has 2 saturated heterocycles. The lowest BCUT2D eigenvalue weighted by atomic mass is 9.96. The van der Waals surface area contributed by atoms with E-state index in [4.69, 9.17) is 4.74 Å². The summed E-state index contributed by atoms with van der Waals surface area (Å²) in [5.74, 6) is 1.73. The van der Waals surface area contributed by atoms with Crippen molar-refractivity contribution in [3.63, 3.8) is 0 Å². The van der Waals surface area contributed by atoms with Gasteiger partial charge in [0.05, 0.1) is 18.2 Å². The molecule has 3 unspecified atom stereocenters. The summed E-state index contributed by atoms with van der Waals surface area (Å²) in [7, 11) is 0. The molecule has 2 rings (SSSR count). The molecule has 2 fully saturated rings. The molecule has 5 heteroatoms. The zero-order chi connectivity index (χ0) is 13.7. The highest BCUT2D eigenvalue weighted by Gasteiger charge is 2.41. The van der Waals surface area contributed by atoms with Gasteiger partial charge in [-0.3, -0.25) is 4.99 Å². The van der Waals surface area contributed by atoms with Gasteiger partial charge in [-0.1, -0.05) is 13.8 Å². The average Bonchev–Trinajstić information content (AvgIpc) is 2.96. The predicted molar refractivity (Wildman–Crippen MR) is 94.9 cm³/mol. The number of hydrogen-bond donors (Lipinski definition) is 2. The standard InChI is InChI=1S/C15H29N3O.HI/c1-4-16-15(17-9-5-6-11(2)3)18-13-10-12-7-8-14(13)19-12;/h11-14H,4-10H2,1-3H3,(H2,16,17,18);1H. The average molecular weight is 395 g/mol. The van der Waals surface area contributed by atoms with Gasteiger partial charge in [0.2, 0.25) is 0 Å². The maximum absolute atomic E-state index is 5.88. The van der Waals surface area contributed by atoms with Crippen molar-refractivity contribution in [3.8, 4) is 0 Å². The maximum Gasteiger partial charge on any atom is 0.191 e. The first-order chi connectivity index (χ1) is 9.19. The van der Waals surface area contributed by atoms with Crippen molar-refractivity contribution < 1.29 is 4.74 Å². The van der Waals surface area contributed by atoms with Crippen LogP contribution in [0.3, 0.4) is 0 Å². The predicted octanol–water partition coefficient (Wildman–Crippen LogP) is 2.92. The molecule has 2 heterocycles. The zero-order valence-corrected chi connectivity index (χ0v) is 15.4. The van der Waals surface area contributed by atoms with Crippen LogP contribution in [0, 0.1) is 5.92 Å². The molecule has 2 aliphatic rings. The lowest BCUT2D eigenvalue weighted by molar-refractivity contribution is 0.0992.